The van der Waals surface area contributed by atoms with Crippen LogP contribution in [0.4, 0.5) is 11.5 Å². The van der Waals surface area contributed by atoms with Gasteiger partial charge in [-0.1, -0.05) is 68.4 Å². The van der Waals surface area contributed by atoms with Gasteiger partial charge in [-0.2, -0.15) is 20.3 Å². The van der Waals surface area contributed by atoms with E-state index in [4.69, 9.17) is 26.3 Å². The van der Waals surface area contributed by atoms with Crippen molar-refractivity contribution in [2.45, 2.75) is 83.1 Å². The number of likely N-dealkylation sites (tertiary alicyclic amines) is 2. The standard InChI is InChI=1S/C56H63ClN12O6/c1-5-50(72)68-25-24-67(31-40(68)16-20-58)52-42-19-23-66(47-11-7-9-36-8-6-10-45(57)51(36)47)32-46(42)60-55(61-52)75-33-41-26-38(30-64(41)4)59-54(73)37-17-21-65(22-18-37)29-35-12-14-39(15-13-35)69-53(62-63-56(69)74)44-27-43(34(2)3)48(70)28-49(44)71/h5-15,27-28,34,37-38,40-41,70-71H,1,16-19,21-26,29-33H2,2-4H3,(H,59,73)(H,63,74)/t38-,40-,41-/m0/s1. The Balaban J connectivity index is 0.762. The number of phenols is 2. The maximum atomic E-state index is 13.8. The van der Waals surface area contributed by atoms with Crippen molar-refractivity contribution < 1.29 is 24.5 Å². The van der Waals surface area contributed by atoms with Crippen molar-refractivity contribution in [2.24, 2.45) is 5.92 Å². The van der Waals surface area contributed by atoms with Crippen molar-refractivity contribution in [3.8, 4) is 40.7 Å². The molecule has 390 valence electrons. The van der Waals surface area contributed by atoms with Gasteiger partial charge in [-0.15, -0.1) is 0 Å². The molecule has 0 spiro atoms. The van der Waals surface area contributed by atoms with Gasteiger partial charge in [-0.05, 0) is 105 Å². The first kappa shape index (κ1) is 51.0. The Hall–Kier alpha value is -7.46. The number of piperazine rings is 1. The van der Waals surface area contributed by atoms with Crippen LogP contribution >= 0.6 is 11.6 Å². The molecular weight excluding hydrogens is 972 g/mol. The summed E-state index contributed by atoms with van der Waals surface area (Å²) in [6.45, 7) is 13.4. The van der Waals surface area contributed by atoms with Crippen LogP contribution in [0.1, 0.15) is 67.8 Å². The van der Waals surface area contributed by atoms with Gasteiger partial charge in [0.05, 0.1) is 47.0 Å². The summed E-state index contributed by atoms with van der Waals surface area (Å²) in [4.78, 5) is 60.5. The number of likely N-dealkylation sites (N-methyl/N-ethyl adjacent to an activating group) is 1. The molecule has 4 N–H and O–H groups in total. The first-order chi connectivity index (χ1) is 36.3. The molecule has 6 aromatic rings. The number of piperidine rings is 1. The fourth-order valence-corrected chi connectivity index (χ4v) is 11.7. The fraction of sp³-hybridized carbons (Fsp3) is 0.411. The molecule has 0 bridgehead atoms. The lowest BCUT2D eigenvalue weighted by molar-refractivity contribution is -0.128. The van der Waals surface area contributed by atoms with Crippen LogP contribution in [0.15, 0.2) is 90.2 Å². The van der Waals surface area contributed by atoms with Crippen molar-refractivity contribution in [3.05, 3.63) is 123 Å². The lowest BCUT2D eigenvalue weighted by Crippen LogP contribution is -2.55. The molecule has 0 saturated carbocycles. The molecule has 0 aliphatic carbocycles. The van der Waals surface area contributed by atoms with Crippen LogP contribution in [0, 0.1) is 17.2 Å². The van der Waals surface area contributed by atoms with Gasteiger partial charge >= 0.3 is 11.7 Å². The average molecular weight is 1040 g/mol. The molecule has 19 heteroatoms. The Labute approximate surface area is 440 Å². The number of halogens is 1. The largest absolute Gasteiger partial charge is 0.508 e. The topological polar surface area (TPSA) is 212 Å². The minimum atomic E-state index is -0.449. The average Bonchev–Trinajstić information content (AvgIpc) is 3.97. The van der Waals surface area contributed by atoms with Gasteiger partial charge in [0.15, 0.2) is 5.82 Å². The number of phenolic OH excluding ortho intramolecular Hbond substituents is 2. The predicted molar refractivity (Wildman–Crippen MR) is 287 cm³/mol. The molecule has 0 radical (unpaired) electrons. The predicted octanol–water partition coefficient (Wildman–Crippen LogP) is 6.52. The van der Waals surface area contributed by atoms with Gasteiger partial charge in [0.2, 0.25) is 11.8 Å². The van der Waals surface area contributed by atoms with E-state index in [1.807, 2.05) is 63.4 Å². The second-order valence-electron chi connectivity index (χ2n) is 20.6. The van der Waals surface area contributed by atoms with Crippen LogP contribution in [0.5, 0.6) is 17.5 Å². The third kappa shape index (κ3) is 10.6. The van der Waals surface area contributed by atoms with Crippen molar-refractivity contribution in [1.29, 1.82) is 5.26 Å². The minimum absolute atomic E-state index is 0.00540. The van der Waals surface area contributed by atoms with E-state index in [-0.39, 0.29) is 71.5 Å². The number of hydrogen-bond acceptors (Lipinski definition) is 14. The SMILES string of the molecule is C=CC(=O)N1CCN(c2nc(OC[C@@H]3C[C@H](NC(=O)C4CCN(Cc5ccc(-n6c(-c7cc(C(C)C)c(O)cc7O)n[nH]c6=O)cc5)CC4)CN3C)nc3c2CCN(c2cccc4cccc(Cl)c24)C3)C[C@@H]1CC#N. The summed E-state index contributed by atoms with van der Waals surface area (Å²) >= 11 is 6.80. The van der Waals surface area contributed by atoms with Gasteiger partial charge in [0.25, 0.3) is 0 Å². The molecule has 3 atom stereocenters. The van der Waals surface area contributed by atoms with Crippen molar-refractivity contribution >= 4 is 45.7 Å². The van der Waals surface area contributed by atoms with E-state index >= 15 is 0 Å². The molecule has 4 aromatic carbocycles. The zero-order valence-electron chi connectivity index (χ0n) is 42.6. The summed E-state index contributed by atoms with van der Waals surface area (Å²) in [5.41, 5.74) is 5.08. The van der Waals surface area contributed by atoms with Crippen LogP contribution in [0.3, 0.4) is 0 Å². The Morgan fingerprint density at radius 3 is 2.49 bits per heavy atom. The summed E-state index contributed by atoms with van der Waals surface area (Å²) in [6.07, 6.45) is 4.35. The third-order valence-electron chi connectivity index (χ3n) is 15.4. The summed E-state index contributed by atoms with van der Waals surface area (Å²) < 4.78 is 7.94. The number of nitriles is 1. The van der Waals surface area contributed by atoms with Crippen molar-refractivity contribution in [1.82, 2.24) is 44.7 Å². The molecule has 10 rings (SSSR count). The number of H-pyrrole nitrogens is 1. The van der Waals surface area contributed by atoms with E-state index in [9.17, 15) is 29.9 Å². The molecule has 3 saturated heterocycles. The molecule has 75 heavy (non-hydrogen) atoms. The van der Waals surface area contributed by atoms with E-state index in [1.165, 1.54) is 16.7 Å². The van der Waals surface area contributed by atoms with E-state index in [0.717, 1.165) is 71.6 Å². The molecule has 2 amide bonds. The lowest BCUT2D eigenvalue weighted by atomic mass is 9.95. The number of aromatic amines is 1. The lowest BCUT2D eigenvalue weighted by Gasteiger charge is -2.42. The van der Waals surface area contributed by atoms with Crippen LogP contribution in [-0.4, -0.2) is 139 Å². The highest BCUT2D eigenvalue weighted by molar-refractivity contribution is 6.36. The highest BCUT2D eigenvalue weighted by atomic mass is 35.5. The maximum Gasteiger partial charge on any atom is 0.348 e. The van der Waals surface area contributed by atoms with E-state index < -0.39 is 5.69 Å². The van der Waals surface area contributed by atoms with Gasteiger partial charge in [0.1, 0.15) is 23.9 Å². The Bertz CT molecular complexity index is 3210. The number of nitrogens with zero attached hydrogens (tertiary/aromatic N) is 10. The molecule has 4 aliphatic rings. The first-order valence-electron chi connectivity index (χ1n) is 25.8. The summed E-state index contributed by atoms with van der Waals surface area (Å²) in [6, 6.07) is 24.9. The third-order valence-corrected chi connectivity index (χ3v) is 15.8. The molecule has 4 aliphatic heterocycles. The number of ether oxygens (including phenoxy) is 1. The number of hydrogen-bond donors (Lipinski definition) is 4. The number of amides is 2. The number of carbonyl (C=O) groups excluding carboxylic acids is 2. The Kier molecular flexibility index (Phi) is 14.8. The van der Waals surface area contributed by atoms with E-state index in [0.29, 0.717) is 80.6 Å². The fourth-order valence-electron chi connectivity index (χ4n) is 11.4. The van der Waals surface area contributed by atoms with Crippen LogP contribution in [-0.2, 0) is 29.1 Å². The molecule has 2 aromatic heterocycles. The minimum Gasteiger partial charge on any atom is -0.508 e. The second kappa shape index (κ2) is 21.8. The van der Waals surface area contributed by atoms with E-state index in [1.54, 1.807) is 11.0 Å². The monoisotopic (exact) mass is 1030 g/mol. The highest BCUT2D eigenvalue weighted by Gasteiger charge is 2.36. The first-order valence-corrected chi connectivity index (χ1v) is 26.2. The molecular formula is C56H63ClN12O6. The summed E-state index contributed by atoms with van der Waals surface area (Å²) in [5.74, 6) is 0.578. The number of rotatable bonds is 14. The van der Waals surface area contributed by atoms with Gasteiger partial charge in [-0.3, -0.25) is 19.4 Å². The van der Waals surface area contributed by atoms with E-state index in [2.05, 4.69) is 66.0 Å². The normalized spacial score (nSPS) is 19.6. The van der Waals surface area contributed by atoms with Crippen LogP contribution in [0.25, 0.3) is 27.8 Å². The quantitative estimate of drug-likeness (QED) is 0.0857. The molecule has 6 heterocycles. The second-order valence-corrected chi connectivity index (χ2v) is 21.0. The molecule has 18 nitrogen and oxygen atoms in total. The number of carbonyl (C=O) groups is 2. The molecule has 0 unspecified atom stereocenters. The van der Waals surface area contributed by atoms with Crippen molar-refractivity contribution in [2.75, 3.05) is 69.3 Å². The molecule has 3 fully saturated rings. The number of anilines is 2. The van der Waals surface area contributed by atoms with Gasteiger partial charge < -0.3 is 35.0 Å². The zero-order valence-corrected chi connectivity index (χ0v) is 43.3. The number of aromatic hydroxyl groups is 2. The van der Waals surface area contributed by atoms with Gasteiger partial charge in [0, 0.05) is 80.0 Å². The maximum absolute atomic E-state index is 13.8. The number of aromatic nitrogens is 5. The Morgan fingerprint density at radius 2 is 1.75 bits per heavy atom. The van der Waals surface area contributed by atoms with Crippen molar-refractivity contribution in [3.63, 3.8) is 0 Å². The zero-order chi connectivity index (χ0) is 52.5. The smallest absolute Gasteiger partial charge is 0.348 e. The number of nitrogens with one attached hydrogen (secondary N) is 2. The highest BCUT2D eigenvalue weighted by Crippen LogP contribution is 2.39. The van der Waals surface area contributed by atoms with Crippen LogP contribution in [0.2, 0.25) is 5.02 Å². The number of fused-ring (bicyclic) bond motifs is 2. The summed E-state index contributed by atoms with van der Waals surface area (Å²) in [7, 11) is 2.05. The summed E-state index contributed by atoms with van der Waals surface area (Å²) in [5, 5.41) is 43.7. The number of benzene rings is 4. The van der Waals surface area contributed by atoms with Gasteiger partial charge in [-0.25, -0.2) is 14.5 Å². The Morgan fingerprint density at radius 1 is 0.973 bits per heavy atom. The van der Waals surface area contributed by atoms with Crippen LogP contribution < -0.4 is 25.5 Å².